The van der Waals surface area contributed by atoms with Gasteiger partial charge in [0.25, 0.3) is 0 Å². The van der Waals surface area contributed by atoms with Gasteiger partial charge >= 0.3 is 6.85 Å². The number of rotatable bonds is 1. The van der Waals surface area contributed by atoms with E-state index in [2.05, 4.69) is 132 Å². The number of nitrogens with zero attached hydrogens (tertiary/aromatic N) is 2. The molecule has 0 saturated heterocycles. The van der Waals surface area contributed by atoms with Crippen molar-refractivity contribution in [3.63, 3.8) is 0 Å². The first-order chi connectivity index (χ1) is 20.7. The lowest BCUT2D eigenvalue weighted by Gasteiger charge is -2.29. The highest BCUT2D eigenvalue weighted by atomic mass is 16.3. The second kappa shape index (κ2) is 7.74. The molecule has 1 aliphatic rings. The maximum atomic E-state index is 6.61. The number of hydrogen-bond acceptors (Lipinski definition) is 1. The van der Waals surface area contributed by atoms with E-state index in [9.17, 15) is 0 Å². The number of furan rings is 1. The zero-order valence-electron chi connectivity index (χ0n) is 23.3. The van der Waals surface area contributed by atoms with Crippen LogP contribution >= 0.6 is 0 Å². The first-order valence-corrected chi connectivity index (χ1v) is 14.7. The second-order valence-electron chi connectivity index (χ2n) is 11.8. The van der Waals surface area contributed by atoms with E-state index in [4.69, 9.17) is 4.42 Å². The quantitative estimate of drug-likeness (QED) is 0.193. The van der Waals surface area contributed by atoms with Crippen molar-refractivity contribution in [1.82, 2.24) is 9.05 Å². The Balaban J connectivity index is 1.43. The van der Waals surface area contributed by atoms with Crippen LogP contribution in [0.2, 0.25) is 0 Å². The van der Waals surface area contributed by atoms with Gasteiger partial charge in [0.05, 0.1) is 16.4 Å². The third-order valence-corrected chi connectivity index (χ3v) is 9.60. The summed E-state index contributed by atoms with van der Waals surface area (Å²) < 4.78 is 11.7. The van der Waals surface area contributed by atoms with E-state index in [1.165, 1.54) is 76.7 Å². The van der Waals surface area contributed by atoms with E-state index in [-0.39, 0.29) is 6.85 Å². The molecule has 10 rings (SSSR count). The zero-order valence-corrected chi connectivity index (χ0v) is 23.3. The Morgan fingerprint density at radius 2 is 1.17 bits per heavy atom. The minimum Gasteiger partial charge on any atom is -0.455 e. The maximum Gasteiger partial charge on any atom is 0.332 e. The lowest BCUT2D eigenvalue weighted by atomic mass is 9.48. The normalized spacial score (nSPS) is 13.0. The summed E-state index contributed by atoms with van der Waals surface area (Å²) in [6.07, 6.45) is 0. The summed E-state index contributed by atoms with van der Waals surface area (Å²) in [5.74, 6) is 0. The molecule has 0 bridgehead atoms. The van der Waals surface area contributed by atoms with Crippen molar-refractivity contribution in [2.45, 2.75) is 13.8 Å². The molecule has 4 heterocycles. The lowest BCUT2D eigenvalue weighted by Crippen LogP contribution is -2.53. The highest BCUT2D eigenvalue weighted by Crippen LogP contribution is 2.42. The van der Waals surface area contributed by atoms with Gasteiger partial charge in [-0.05, 0) is 60.2 Å². The molecule has 4 heteroatoms. The van der Waals surface area contributed by atoms with Crippen molar-refractivity contribution in [2.75, 3.05) is 0 Å². The largest absolute Gasteiger partial charge is 0.455 e. The fraction of sp³-hybridized carbons (Fsp3) is 0.0526. The zero-order chi connectivity index (χ0) is 27.7. The van der Waals surface area contributed by atoms with Crippen LogP contribution in [0.3, 0.4) is 0 Å². The standard InChI is InChI=1S/C38H25BN2O/c1-22-10-7-13-25-26-14-8-11-23(2)36(26)41(35(22)25)39-29-16-4-5-18-31(29)40-32-21-20-27-24-12-3-6-19-33(24)42-38(27)34(32)28-15-9-17-30(39)37(28)40/h3-21H,1-2H3. The van der Waals surface area contributed by atoms with E-state index in [1.807, 2.05) is 6.07 Å². The predicted octanol–water partition coefficient (Wildman–Crippen LogP) is 8.38. The Labute approximate surface area is 242 Å². The Morgan fingerprint density at radius 1 is 0.524 bits per heavy atom. The maximum absolute atomic E-state index is 6.61. The van der Waals surface area contributed by atoms with Crippen LogP contribution in [-0.2, 0) is 0 Å². The van der Waals surface area contributed by atoms with Gasteiger partial charge in [0.15, 0.2) is 0 Å². The van der Waals surface area contributed by atoms with E-state index in [0.717, 1.165) is 16.6 Å². The fourth-order valence-electron chi connectivity index (χ4n) is 7.96. The lowest BCUT2D eigenvalue weighted by molar-refractivity contribution is 0.673. The molecule has 0 unspecified atom stereocenters. The predicted molar refractivity (Wildman–Crippen MR) is 177 cm³/mol. The summed E-state index contributed by atoms with van der Waals surface area (Å²) >= 11 is 0. The van der Waals surface area contributed by atoms with Gasteiger partial charge in [-0.1, -0.05) is 91.0 Å². The molecular weight excluding hydrogens is 511 g/mol. The van der Waals surface area contributed by atoms with Gasteiger partial charge in [-0.25, -0.2) is 0 Å². The SMILES string of the molecule is Cc1cccc2c3cccc(C)c3n(B3c4ccccc4-n4c5ccc6c7ccccc7oc6c5c5cccc3c54)c12. The van der Waals surface area contributed by atoms with Crippen LogP contribution in [-0.4, -0.2) is 15.9 Å². The van der Waals surface area contributed by atoms with Crippen molar-refractivity contribution < 1.29 is 4.42 Å². The Kier molecular flexibility index (Phi) is 4.14. The van der Waals surface area contributed by atoms with Gasteiger partial charge in [0.2, 0.25) is 0 Å². The van der Waals surface area contributed by atoms with Gasteiger partial charge in [-0.2, -0.15) is 0 Å². The van der Waals surface area contributed by atoms with Crippen LogP contribution in [0, 0.1) is 13.8 Å². The average molecular weight is 536 g/mol. The first-order valence-electron chi connectivity index (χ1n) is 14.7. The molecule has 3 aromatic heterocycles. The summed E-state index contributed by atoms with van der Waals surface area (Å²) in [6, 6.07) is 42.1. The van der Waals surface area contributed by atoms with Crippen molar-refractivity contribution in [2.24, 2.45) is 0 Å². The van der Waals surface area contributed by atoms with Crippen LogP contribution in [0.15, 0.2) is 120 Å². The number of para-hydroxylation sites is 5. The smallest absolute Gasteiger partial charge is 0.332 e. The number of aryl methyl sites for hydroxylation is 2. The van der Waals surface area contributed by atoms with Gasteiger partial charge < -0.3 is 13.5 Å². The van der Waals surface area contributed by atoms with Gasteiger partial charge in [-0.3, -0.25) is 0 Å². The summed E-state index contributed by atoms with van der Waals surface area (Å²) in [5, 5.41) is 7.38. The molecule has 0 radical (unpaired) electrons. The molecule has 0 atom stereocenters. The summed E-state index contributed by atoms with van der Waals surface area (Å²) in [6.45, 7) is 4.52. The molecule has 6 aromatic carbocycles. The van der Waals surface area contributed by atoms with Crippen LogP contribution in [0.25, 0.3) is 71.2 Å². The number of benzene rings is 6. The molecule has 196 valence electrons. The van der Waals surface area contributed by atoms with E-state index < -0.39 is 0 Å². The molecule has 3 nitrogen and oxygen atoms in total. The molecule has 42 heavy (non-hydrogen) atoms. The molecule has 1 aliphatic heterocycles. The molecule has 9 aromatic rings. The molecule has 0 amide bonds. The van der Waals surface area contributed by atoms with Gasteiger partial charge in [0.1, 0.15) is 11.2 Å². The van der Waals surface area contributed by atoms with Crippen LogP contribution in [0.1, 0.15) is 11.1 Å². The topological polar surface area (TPSA) is 23.0 Å². The van der Waals surface area contributed by atoms with Crippen LogP contribution in [0.5, 0.6) is 0 Å². The van der Waals surface area contributed by atoms with Crippen LogP contribution < -0.4 is 10.9 Å². The van der Waals surface area contributed by atoms with Crippen molar-refractivity contribution in [1.29, 1.82) is 0 Å². The Hall–Kier alpha value is -5.22. The monoisotopic (exact) mass is 536 g/mol. The first kappa shape index (κ1) is 22.5. The third kappa shape index (κ3) is 2.59. The van der Waals surface area contributed by atoms with Crippen molar-refractivity contribution in [3.8, 4) is 5.69 Å². The number of aromatic nitrogens is 2. The number of fused-ring (bicyclic) bond motifs is 12. The second-order valence-corrected chi connectivity index (χ2v) is 11.8. The highest BCUT2D eigenvalue weighted by Gasteiger charge is 2.37. The van der Waals surface area contributed by atoms with Crippen LogP contribution in [0.4, 0.5) is 0 Å². The Morgan fingerprint density at radius 3 is 1.98 bits per heavy atom. The van der Waals surface area contributed by atoms with Gasteiger partial charge in [-0.15, -0.1) is 0 Å². The molecule has 0 N–H and O–H groups in total. The highest BCUT2D eigenvalue weighted by molar-refractivity contribution is 6.88. The third-order valence-electron chi connectivity index (χ3n) is 9.60. The fourth-order valence-corrected chi connectivity index (χ4v) is 7.96. The Bertz CT molecular complexity index is 2560. The minimum absolute atomic E-state index is 0.0232. The summed E-state index contributed by atoms with van der Waals surface area (Å²) in [4.78, 5) is 0. The summed E-state index contributed by atoms with van der Waals surface area (Å²) in [7, 11) is 0. The molecule has 0 fully saturated rings. The van der Waals surface area contributed by atoms with Crippen molar-refractivity contribution in [3.05, 3.63) is 126 Å². The average Bonchev–Trinajstić information content (AvgIpc) is 3.68. The van der Waals surface area contributed by atoms with E-state index >= 15 is 0 Å². The van der Waals surface area contributed by atoms with Crippen molar-refractivity contribution >= 4 is 83.3 Å². The molecule has 0 aliphatic carbocycles. The van der Waals surface area contributed by atoms with Gasteiger partial charge in [0, 0.05) is 43.7 Å². The number of hydrogen-bond donors (Lipinski definition) is 0. The summed E-state index contributed by atoms with van der Waals surface area (Å²) in [5.41, 5.74) is 13.4. The molecule has 0 spiro atoms. The van der Waals surface area contributed by atoms with E-state index in [0.29, 0.717) is 0 Å². The molecular formula is C38H25BN2O. The minimum atomic E-state index is 0.0232. The van der Waals surface area contributed by atoms with E-state index in [1.54, 1.807) is 0 Å². The molecule has 0 saturated carbocycles.